The highest BCUT2D eigenvalue weighted by molar-refractivity contribution is 5.28. The van der Waals surface area contributed by atoms with Crippen LogP contribution in [0.25, 0.3) is 0 Å². The van der Waals surface area contributed by atoms with E-state index in [4.69, 9.17) is 0 Å². The molecule has 0 aliphatic rings. The van der Waals surface area contributed by atoms with E-state index >= 15 is 0 Å². The van der Waals surface area contributed by atoms with Crippen LogP contribution in [-0.2, 0) is 13.5 Å². The van der Waals surface area contributed by atoms with Gasteiger partial charge in [-0.2, -0.15) is 5.10 Å². The Hall–Kier alpha value is -1.81. The lowest BCUT2D eigenvalue weighted by molar-refractivity contribution is 0.178. The van der Waals surface area contributed by atoms with Gasteiger partial charge in [0.25, 0.3) is 0 Å². The molecule has 0 bridgehead atoms. The van der Waals surface area contributed by atoms with Gasteiger partial charge >= 0.3 is 0 Å². The molecule has 0 aliphatic carbocycles. The number of aryl methyl sites for hydroxylation is 1. The first kappa shape index (κ1) is 10.7. The van der Waals surface area contributed by atoms with Crippen LogP contribution in [-0.4, -0.2) is 20.0 Å². The van der Waals surface area contributed by atoms with Gasteiger partial charge in [-0.05, 0) is 17.7 Å². The molecule has 0 saturated heterocycles. The van der Waals surface area contributed by atoms with E-state index in [-0.39, 0.29) is 5.75 Å². The Morgan fingerprint density at radius 1 is 1.44 bits per heavy atom. The highest BCUT2D eigenvalue weighted by atomic mass is 16.3. The smallest absolute Gasteiger partial charge is 0.115 e. The number of hydrogen-bond acceptors (Lipinski definition) is 3. The monoisotopic (exact) mass is 218 g/mol. The Bertz CT molecular complexity index is 479. The van der Waals surface area contributed by atoms with Crippen molar-refractivity contribution >= 4 is 0 Å². The predicted molar refractivity (Wildman–Crippen MR) is 60.0 cm³/mol. The second-order valence-corrected chi connectivity index (χ2v) is 3.84. The molecule has 1 unspecified atom stereocenters. The quantitative estimate of drug-likeness (QED) is 0.818. The Kier molecular flexibility index (Phi) is 2.92. The maximum absolute atomic E-state index is 9.94. The molecule has 16 heavy (non-hydrogen) atoms. The van der Waals surface area contributed by atoms with Gasteiger partial charge in [0.15, 0.2) is 0 Å². The molecule has 1 aromatic carbocycles. The number of rotatable bonds is 3. The van der Waals surface area contributed by atoms with Crippen LogP contribution in [0.2, 0.25) is 0 Å². The van der Waals surface area contributed by atoms with Gasteiger partial charge in [-0.3, -0.25) is 4.68 Å². The van der Waals surface area contributed by atoms with Crippen molar-refractivity contribution in [1.82, 2.24) is 9.78 Å². The summed E-state index contributed by atoms with van der Waals surface area (Å²) in [4.78, 5) is 0. The van der Waals surface area contributed by atoms with Crippen LogP contribution in [0.15, 0.2) is 36.7 Å². The van der Waals surface area contributed by atoms with Crippen molar-refractivity contribution in [2.24, 2.45) is 7.05 Å². The summed E-state index contributed by atoms with van der Waals surface area (Å²) in [6, 6.07) is 6.90. The van der Waals surface area contributed by atoms with Crippen molar-refractivity contribution < 1.29 is 10.2 Å². The number of hydrogen-bond donors (Lipinski definition) is 2. The summed E-state index contributed by atoms with van der Waals surface area (Å²) >= 11 is 0. The van der Waals surface area contributed by atoms with E-state index < -0.39 is 6.10 Å². The van der Waals surface area contributed by atoms with Gasteiger partial charge in [0.1, 0.15) is 5.75 Å². The summed E-state index contributed by atoms with van der Waals surface area (Å²) < 4.78 is 1.65. The minimum Gasteiger partial charge on any atom is -0.508 e. The number of aliphatic hydroxyl groups excluding tert-OH is 1. The molecule has 2 N–H and O–H groups in total. The molecule has 0 saturated carbocycles. The van der Waals surface area contributed by atoms with E-state index in [0.717, 1.165) is 11.1 Å². The topological polar surface area (TPSA) is 58.3 Å². The molecule has 0 aliphatic heterocycles. The lowest BCUT2D eigenvalue weighted by atomic mass is 10.0. The van der Waals surface area contributed by atoms with E-state index in [1.54, 1.807) is 35.3 Å². The number of phenols is 1. The number of aliphatic hydroxyl groups is 1. The van der Waals surface area contributed by atoms with Crippen molar-refractivity contribution in [1.29, 1.82) is 0 Å². The summed E-state index contributed by atoms with van der Waals surface area (Å²) in [6.07, 6.45) is 3.32. The number of phenolic OH excluding ortho intramolecular Hbond substituents is 1. The maximum Gasteiger partial charge on any atom is 0.115 e. The normalized spacial score (nSPS) is 12.6. The van der Waals surface area contributed by atoms with Crippen LogP contribution in [0.4, 0.5) is 0 Å². The largest absolute Gasteiger partial charge is 0.508 e. The van der Waals surface area contributed by atoms with Crippen LogP contribution >= 0.6 is 0 Å². The Labute approximate surface area is 93.8 Å². The number of nitrogens with zero attached hydrogens (tertiary/aromatic N) is 2. The summed E-state index contributed by atoms with van der Waals surface area (Å²) in [5, 5.41) is 23.2. The molecule has 1 atom stereocenters. The molecule has 0 spiro atoms. The van der Waals surface area contributed by atoms with Gasteiger partial charge in [-0.25, -0.2) is 0 Å². The first-order valence-corrected chi connectivity index (χ1v) is 5.09. The van der Waals surface area contributed by atoms with Crippen molar-refractivity contribution in [3.8, 4) is 5.75 Å². The zero-order chi connectivity index (χ0) is 11.5. The molecule has 0 fully saturated rings. The Balaban J connectivity index is 2.10. The van der Waals surface area contributed by atoms with Crippen LogP contribution in [0.3, 0.4) is 0 Å². The van der Waals surface area contributed by atoms with E-state index in [0.29, 0.717) is 6.42 Å². The summed E-state index contributed by atoms with van der Waals surface area (Å²) in [5.41, 5.74) is 1.68. The van der Waals surface area contributed by atoms with Crippen LogP contribution < -0.4 is 0 Å². The number of aromatic nitrogens is 2. The van der Waals surface area contributed by atoms with E-state index in [1.807, 2.05) is 13.1 Å². The molecule has 1 aromatic heterocycles. The molecule has 4 heteroatoms. The maximum atomic E-state index is 9.94. The minimum atomic E-state index is -0.588. The first-order chi connectivity index (χ1) is 7.65. The van der Waals surface area contributed by atoms with Crippen LogP contribution in [0.1, 0.15) is 17.2 Å². The van der Waals surface area contributed by atoms with E-state index in [9.17, 15) is 10.2 Å². The number of benzene rings is 1. The van der Waals surface area contributed by atoms with Gasteiger partial charge in [-0.1, -0.05) is 12.1 Å². The van der Waals surface area contributed by atoms with Crippen molar-refractivity contribution in [2.45, 2.75) is 12.5 Å². The lowest BCUT2D eigenvalue weighted by Crippen LogP contribution is -2.00. The van der Waals surface area contributed by atoms with Crippen LogP contribution in [0.5, 0.6) is 5.75 Å². The second kappa shape index (κ2) is 4.37. The standard InChI is InChI=1S/C12H14N2O2/c1-14-8-10(7-13-14)12(16)6-9-3-2-4-11(15)5-9/h2-5,7-8,12,15-16H,6H2,1H3. The molecule has 0 radical (unpaired) electrons. The fourth-order valence-electron chi connectivity index (χ4n) is 1.64. The molecular weight excluding hydrogens is 204 g/mol. The molecule has 4 nitrogen and oxygen atoms in total. The average Bonchev–Trinajstić information content (AvgIpc) is 2.65. The summed E-state index contributed by atoms with van der Waals surface area (Å²) in [7, 11) is 1.81. The number of aromatic hydroxyl groups is 1. The average molecular weight is 218 g/mol. The Morgan fingerprint density at radius 2 is 2.25 bits per heavy atom. The zero-order valence-corrected chi connectivity index (χ0v) is 9.04. The third-order valence-electron chi connectivity index (χ3n) is 2.45. The van der Waals surface area contributed by atoms with Crippen molar-refractivity contribution in [3.05, 3.63) is 47.8 Å². The third-order valence-corrected chi connectivity index (χ3v) is 2.45. The highest BCUT2D eigenvalue weighted by Gasteiger charge is 2.10. The van der Waals surface area contributed by atoms with Crippen LogP contribution in [0, 0.1) is 0 Å². The SMILES string of the molecule is Cn1cc(C(O)Cc2cccc(O)c2)cn1. The van der Waals surface area contributed by atoms with Gasteiger partial charge in [0, 0.05) is 25.2 Å². The zero-order valence-electron chi connectivity index (χ0n) is 9.04. The molecule has 1 heterocycles. The lowest BCUT2D eigenvalue weighted by Gasteiger charge is -2.08. The van der Waals surface area contributed by atoms with E-state index in [2.05, 4.69) is 5.10 Å². The van der Waals surface area contributed by atoms with Gasteiger partial charge in [-0.15, -0.1) is 0 Å². The fraction of sp³-hybridized carbons (Fsp3) is 0.250. The molecule has 0 amide bonds. The third kappa shape index (κ3) is 2.41. The second-order valence-electron chi connectivity index (χ2n) is 3.84. The molecule has 84 valence electrons. The molecule has 2 rings (SSSR count). The minimum absolute atomic E-state index is 0.218. The Morgan fingerprint density at radius 3 is 2.88 bits per heavy atom. The molecule has 2 aromatic rings. The van der Waals surface area contributed by atoms with Crippen molar-refractivity contribution in [3.63, 3.8) is 0 Å². The van der Waals surface area contributed by atoms with Crippen molar-refractivity contribution in [2.75, 3.05) is 0 Å². The molecular formula is C12H14N2O2. The van der Waals surface area contributed by atoms with Gasteiger partial charge < -0.3 is 10.2 Å². The predicted octanol–water partition coefficient (Wildman–Crippen LogP) is 1.40. The highest BCUT2D eigenvalue weighted by Crippen LogP contribution is 2.19. The summed E-state index contributed by atoms with van der Waals surface area (Å²) in [5.74, 6) is 0.218. The summed E-state index contributed by atoms with van der Waals surface area (Å²) in [6.45, 7) is 0. The van der Waals surface area contributed by atoms with E-state index in [1.165, 1.54) is 0 Å². The first-order valence-electron chi connectivity index (χ1n) is 5.09. The van der Waals surface area contributed by atoms with Gasteiger partial charge in [0.05, 0.1) is 12.3 Å². The van der Waals surface area contributed by atoms with Gasteiger partial charge in [0.2, 0.25) is 0 Å². The fourth-order valence-corrected chi connectivity index (χ4v) is 1.64.